The number of nitrogens with zero attached hydrogens (tertiary/aromatic N) is 3. The van der Waals surface area contributed by atoms with Crippen molar-refractivity contribution in [2.45, 2.75) is 13.0 Å². The number of hydrogen-bond donors (Lipinski definition) is 1. The number of nitrogens with two attached hydrogens (primary N) is 1. The van der Waals surface area contributed by atoms with Gasteiger partial charge < -0.3 is 10.3 Å². The maximum absolute atomic E-state index is 5.74. The Labute approximate surface area is 142 Å². The SMILES string of the molecule is NCCN(CCc1ccccc1)Cc1noc(-c2ccccc2)n1. The van der Waals surface area contributed by atoms with Crippen molar-refractivity contribution in [1.82, 2.24) is 15.0 Å². The van der Waals surface area contributed by atoms with E-state index in [0.717, 1.165) is 25.1 Å². The fourth-order valence-corrected chi connectivity index (χ4v) is 2.60. The van der Waals surface area contributed by atoms with E-state index in [0.29, 0.717) is 24.8 Å². The Morgan fingerprint density at radius 1 is 0.917 bits per heavy atom. The highest BCUT2D eigenvalue weighted by Gasteiger charge is 2.12. The zero-order valence-electron chi connectivity index (χ0n) is 13.6. The summed E-state index contributed by atoms with van der Waals surface area (Å²) in [6.07, 6.45) is 0.976. The first-order valence-corrected chi connectivity index (χ1v) is 8.19. The van der Waals surface area contributed by atoms with E-state index in [-0.39, 0.29) is 0 Å². The Kier molecular flexibility index (Phi) is 5.71. The van der Waals surface area contributed by atoms with E-state index in [9.17, 15) is 0 Å². The molecular weight excluding hydrogens is 300 g/mol. The molecule has 0 atom stereocenters. The van der Waals surface area contributed by atoms with Gasteiger partial charge in [-0.05, 0) is 24.1 Å². The maximum atomic E-state index is 5.74. The lowest BCUT2D eigenvalue weighted by Crippen LogP contribution is -2.31. The molecule has 0 bridgehead atoms. The van der Waals surface area contributed by atoms with E-state index in [4.69, 9.17) is 10.3 Å². The van der Waals surface area contributed by atoms with Gasteiger partial charge in [0, 0.05) is 25.2 Å². The molecule has 3 aromatic rings. The summed E-state index contributed by atoms with van der Waals surface area (Å²) >= 11 is 0. The Balaban J connectivity index is 1.62. The molecule has 0 saturated carbocycles. The first kappa shape index (κ1) is 16.4. The number of benzene rings is 2. The van der Waals surface area contributed by atoms with Crippen LogP contribution >= 0.6 is 0 Å². The first-order valence-electron chi connectivity index (χ1n) is 8.19. The van der Waals surface area contributed by atoms with Gasteiger partial charge in [-0.15, -0.1) is 0 Å². The van der Waals surface area contributed by atoms with Gasteiger partial charge in [0.2, 0.25) is 0 Å². The first-order chi connectivity index (χ1) is 11.8. The van der Waals surface area contributed by atoms with Crippen molar-refractivity contribution in [3.05, 3.63) is 72.1 Å². The second-order valence-corrected chi connectivity index (χ2v) is 5.68. The van der Waals surface area contributed by atoms with Gasteiger partial charge in [0.15, 0.2) is 5.82 Å². The molecule has 3 rings (SSSR count). The summed E-state index contributed by atoms with van der Waals surface area (Å²) < 4.78 is 5.37. The molecule has 5 nitrogen and oxygen atoms in total. The van der Waals surface area contributed by atoms with Crippen molar-refractivity contribution in [3.8, 4) is 11.5 Å². The normalized spacial score (nSPS) is 11.1. The Bertz CT molecular complexity index is 727. The average molecular weight is 322 g/mol. The van der Waals surface area contributed by atoms with Gasteiger partial charge in [0.25, 0.3) is 5.89 Å². The maximum Gasteiger partial charge on any atom is 0.257 e. The fourth-order valence-electron chi connectivity index (χ4n) is 2.60. The van der Waals surface area contributed by atoms with Crippen LogP contribution in [-0.2, 0) is 13.0 Å². The molecule has 0 saturated heterocycles. The summed E-state index contributed by atoms with van der Waals surface area (Å²) in [5, 5.41) is 4.10. The lowest BCUT2D eigenvalue weighted by Gasteiger charge is -2.19. The van der Waals surface area contributed by atoms with E-state index >= 15 is 0 Å². The number of aromatic nitrogens is 2. The smallest absolute Gasteiger partial charge is 0.257 e. The Morgan fingerprint density at radius 2 is 1.62 bits per heavy atom. The van der Waals surface area contributed by atoms with Gasteiger partial charge in [-0.3, -0.25) is 4.90 Å². The Hall–Kier alpha value is -2.50. The molecule has 2 aromatic carbocycles. The summed E-state index contributed by atoms with van der Waals surface area (Å²) in [5.41, 5.74) is 8.00. The van der Waals surface area contributed by atoms with Crippen LogP contribution in [0.15, 0.2) is 65.2 Å². The molecule has 0 radical (unpaired) electrons. The van der Waals surface area contributed by atoms with E-state index in [1.165, 1.54) is 5.56 Å². The van der Waals surface area contributed by atoms with Crippen molar-refractivity contribution in [2.75, 3.05) is 19.6 Å². The van der Waals surface area contributed by atoms with Crippen LogP contribution in [0.4, 0.5) is 0 Å². The monoisotopic (exact) mass is 322 g/mol. The molecule has 0 aliphatic heterocycles. The van der Waals surface area contributed by atoms with Crippen LogP contribution in [0.3, 0.4) is 0 Å². The molecule has 1 aromatic heterocycles. The van der Waals surface area contributed by atoms with Crippen LogP contribution in [0, 0.1) is 0 Å². The van der Waals surface area contributed by atoms with Crippen LogP contribution in [0.25, 0.3) is 11.5 Å². The second-order valence-electron chi connectivity index (χ2n) is 5.68. The van der Waals surface area contributed by atoms with Crippen LogP contribution in [0.5, 0.6) is 0 Å². The predicted molar refractivity (Wildman–Crippen MR) is 94.2 cm³/mol. The third-order valence-corrected chi connectivity index (χ3v) is 3.86. The van der Waals surface area contributed by atoms with Gasteiger partial charge in [-0.1, -0.05) is 53.7 Å². The van der Waals surface area contributed by atoms with Crippen LogP contribution in [0.1, 0.15) is 11.4 Å². The molecule has 0 amide bonds. The highest BCUT2D eigenvalue weighted by Crippen LogP contribution is 2.16. The third kappa shape index (κ3) is 4.50. The molecule has 24 heavy (non-hydrogen) atoms. The van der Waals surface area contributed by atoms with Gasteiger partial charge in [0.1, 0.15) is 0 Å². The molecule has 2 N–H and O–H groups in total. The van der Waals surface area contributed by atoms with Gasteiger partial charge in [-0.2, -0.15) is 4.98 Å². The zero-order chi connectivity index (χ0) is 16.6. The minimum Gasteiger partial charge on any atom is -0.334 e. The number of hydrogen-bond acceptors (Lipinski definition) is 5. The lowest BCUT2D eigenvalue weighted by molar-refractivity contribution is 0.264. The summed E-state index contributed by atoms with van der Waals surface area (Å²) in [6.45, 7) is 2.97. The van der Waals surface area contributed by atoms with Crippen molar-refractivity contribution >= 4 is 0 Å². The van der Waals surface area contributed by atoms with Crippen molar-refractivity contribution in [1.29, 1.82) is 0 Å². The zero-order valence-corrected chi connectivity index (χ0v) is 13.6. The molecule has 0 spiro atoms. The van der Waals surface area contributed by atoms with Crippen LogP contribution < -0.4 is 5.73 Å². The van der Waals surface area contributed by atoms with E-state index in [1.54, 1.807) is 0 Å². The second kappa shape index (κ2) is 8.38. The van der Waals surface area contributed by atoms with Crippen LogP contribution in [-0.4, -0.2) is 34.7 Å². The highest BCUT2D eigenvalue weighted by molar-refractivity contribution is 5.51. The summed E-state index contributed by atoms with van der Waals surface area (Å²) in [4.78, 5) is 6.75. The summed E-state index contributed by atoms with van der Waals surface area (Å²) in [5.74, 6) is 1.25. The largest absolute Gasteiger partial charge is 0.334 e. The lowest BCUT2D eigenvalue weighted by atomic mass is 10.1. The highest BCUT2D eigenvalue weighted by atomic mass is 16.5. The third-order valence-electron chi connectivity index (χ3n) is 3.86. The topological polar surface area (TPSA) is 68.2 Å². The molecule has 5 heteroatoms. The van der Waals surface area contributed by atoms with Crippen molar-refractivity contribution in [3.63, 3.8) is 0 Å². The minimum absolute atomic E-state index is 0.557. The van der Waals surface area contributed by atoms with Gasteiger partial charge in [0.05, 0.1) is 6.54 Å². The molecular formula is C19H22N4O. The van der Waals surface area contributed by atoms with Crippen LogP contribution in [0.2, 0.25) is 0 Å². The van der Waals surface area contributed by atoms with Gasteiger partial charge >= 0.3 is 0 Å². The standard InChI is InChI=1S/C19H22N4O/c20-12-14-23(13-11-16-7-3-1-4-8-16)15-18-21-19(24-22-18)17-9-5-2-6-10-17/h1-10H,11-15,20H2. The minimum atomic E-state index is 0.557. The average Bonchev–Trinajstić information content (AvgIpc) is 3.10. The molecule has 1 heterocycles. The Morgan fingerprint density at radius 3 is 2.33 bits per heavy atom. The quantitative estimate of drug-likeness (QED) is 0.690. The number of rotatable bonds is 8. The fraction of sp³-hybridized carbons (Fsp3) is 0.263. The van der Waals surface area contributed by atoms with Crippen molar-refractivity contribution < 1.29 is 4.52 Å². The van der Waals surface area contributed by atoms with E-state index in [1.807, 2.05) is 36.4 Å². The summed E-state index contributed by atoms with van der Waals surface area (Å²) in [7, 11) is 0. The van der Waals surface area contributed by atoms with E-state index in [2.05, 4.69) is 39.3 Å². The molecule has 124 valence electrons. The molecule has 0 unspecified atom stereocenters. The molecule has 0 aliphatic rings. The van der Waals surface area contributed by atoms with E-state index < -0.39 is 0 Å². The summed E-state index contributed by atoms with van der Waals surface area (Å²) in [6, 6.07) is 20.3. The predicted octanol–water partition coefficient (Wildman–Crippen LogP) is 2.74. The van der Waals surface area contributed by atoms with Gasteiger partial charge in [-0.25, -0.2) is 0 Å². The molecule has 0 aliphatic carbocycles. The molecule has 0 fully saturated rings. The van der Waals surface area contributed by atoms with Crippen molar-refractivity contribution in [2.24, 2.45) is 5.73 Å².